The minimum absolute atomic E-state index is 0.0347. The molecular weight excluding hydrogens is 545 g/mol. The number of aromatic nitrogens is 1. The van der Waals surface area contributed by atoms with Crippen LogP contribution in [-0.4, -0.2) is 26.3 Å². The van der Waals surface area contributed by atoms with Crippen molar-refractivity contribution in [2.45, 2.75) is 32.0 Å². The van der Waals surface area contributed by atoms with E-state index < -0.39 is 18.7 Å². The van der Waals surface area contributed by atoms with E-state index >= 15 is 0 Å². The zero-order valence-corrected chi connectivity index (χ0v) is 21.7. The topological polar surface area (TPSA) is 107 Å². The monoisotopic (exact) mass is 568 g/mol. The maximum Gasteiger partial charge on any atom is 0.387 e. The Kier molecular flexibility index (Phi) is 8.63. The summed E-state index contributed by atoms with van der Waals surface area (Å²) >= 11 is 12.6. The highest BCUT2D eigenvalue weighted by molar-refractivity contribution is 6.35. The number of halogens is 4. The van der Waals surface area contributed by atoms with E-state index in [2.05, 4.69) is 4.74 Å². The Morgan fingerprint density at radius 3 is 2.39 bits per heavy atom. The van der Waals surface area contributed by atoms with Gasteiger partial charge in [0.05, 0.1) is 25.0 Å². The predicted molar refractivity (Wildman–Crippen MR) is 136 cm³/mol. The molecule has 0 aliphatic heterocycles. The van der Waals surface area contributed by atoms with Crippen LogP contribution in [0.15, 0.2) is 48.8 Å². The van der Waals surface area contributed by atoms with Gasteiger partial charge in [0.25, 0.3) is 0 Å². The summed E-state index contributed by atoms with van der Waals surface area (Å²) < 4.78 is 47.8. The number of methoxy groups -OCH3 is 1. The number of pyridine rings is 1. The minimum Gasteiger partial charge on any atom is -0.619 e. The molecule has 38 heavy (non-hydrogen) atoms. The lowest BCUT2D eigenvalue weighted by atomic mass is 10.0. The Morgan fingerprint density at radius 1 is 1.11 bits per heavy atom. The van der Waals surface area contributed by atoms with E-state index in [0.717, 1.165) is 25.2 Å². The quantitative estimate of drug-likeness (QED) is 0.136. The van der Waals surface area contributed by atoms with Gasteiger partial charge in [-0.1, -0.05) is 29.3 Å². The number of nitrogens with two attached hydrogens (primary N) is 1. The highest BCUT2D eigenvalue weighted by Gasteiger charge is 2.27. The van der Waals surface area contributed by atoms with E-state index in [1.807, 2.05) is 0 Å². The van der Waals surface area contributed by atoms with Gasteiger partial charge in [0.2, 0.25) is 0 Å². The van der Waals surface area contributed by atoms with Crippen molar-refractivity contribution in [1.29, 1.82) is 0 Å². The molecule has 1 fully saturated rings. The molecule has 2 aromatic carbocycles. The van der Waals surface area contributed by atoms with Gasteiger partial charge >= 0.3 is 12.6 Å². The van der Waals surface area contributed by atoms with Crippen LogP contribution in [0.2, 0.25) is 10.0 Å². The highest BCUT2D eigenvalue weighted by atomic mass is 35.5. The molecule has 3 aromatic rings. The number of ether oxygens (including phenoxy) is 4. The average molecular weight is 569 g/mol. The smallest absolute Gasteiger partial charge is 0.387 e. The van der Waals surface area contributed by atoms with Crippen molar-refractivity contribution in [3.05, 3.63) is 80.7 Å². The molecule has 1 aromatic heterocycles. The van der Waals surface area contributed by atoms with Crippen LogP contribution in [0.5, 0.6) is 17.2 Å². The molecule has 2 N–H and O–H groups in total. The van der Waals surface area contributed by atoms with E-state index in [4.69, 9.17) is 43.1 Å². The number of hydrogen-bond acceptors (Lipinski definition) is 7. The van der Waals surface area contributed by atoms with E-state index in [1.54, 1.807) is 0 Å². The second-order valence-corrected chi connectivity index (χ2v) is 9.50. The number of hydrogen-bond donors (Lipinski definition) is 1. The first-order valence-electron chi connectivity index (χ1n) is 11.6. The molecule has 0 spiro atoms. The summed E-state index contributed by atoms with van der Waals surface area (Å²) in [6.07, 6.45) is 3.17. The number of benzene rings is 2. The summed E-state index contributed by atoms with van der Waals surface area (Å²) in [5.41, 5.74) is 7.07. The fourth-order valence-corrected chi connectivity index (χ4v) is 4.32. The van der Waals surface area contributed by atoms with Gasteiger partial charge in [-0.15, -0.1) is 0 Å². The lowest BCUT2D eigenvalue weighted by Crippen LogP contribution is -2.25. The van der Waals surface area contributed by atoms with Crippen molar-refractivity contribution in [3.8, 4) is 17.2 Å². The van der Waals surface area contributed by atoms with Crippen LogP contribution < -0.4 is 24.7 Å². The van der Waals surface area contributed by atoms with Crippen molar-refractivity contribution >= 4 is 34.9 Å². The fraction of sp³-hybridized carbons (Fsp3) is 0.308. The summed E-state index contributed by atoms with van der Waals surface area (Å²) in [5, 5.41) is 11.8. The number of carbonyl (C=O) groups excluding carboxylic acids is 1. The molecule has 0 amide bonds. The van der Waals surface area contributed by atoms with Crippen LogP contribution in [0.1, 0.15) is 40.4 Å². The first-order valence-corrected chi connectivity index (χ1v) is 12.3. The number of esters is 1. The number of anilines is 1. The lowest BCUT2D eigenvalue weighted by Gasteiger charge is -2.21. The normalized spacial score (nSPS) is 13.7. The Balaban J connectivity index is 1.69. The van der Waals surface area contributed by atoms with Crippen LogP contribution in [0, 0.1) is 11.1 Å². The van der Waals surface area contributed by atoms with Crippen molar-refractivity contribution in [1.82, 2.24) is 0 Å². The molecule has 4 rings (SSSR count). The Morgan fingerprint density at radius 2 is 1.79 bits per heavy atom. The van der Waals surface area contributed by atoms with E-state index in [9.17, 15) is 18.8 Å². The van der Waals surface area contributed by atoms with Crippen LogP contribution in [-0.2, 0) is 11.2 Å². The summed E-state index contributed by atoms with van der Waals surface area (Å²) in [5.74, 6) is -0.0701. The first kappa shape index (κ1) is 27.5. The van der Waals surface area contributed by atoms with Crippen LogP contribution in [0.4, 0.5) is 14.5 Å². The van der Waals surface area contributed by atoms with Crippen molar-refractivity contribution in [2.24, 2.45) is 5.92 Å². The zero-order valence-electron chi connectivity index (χ0n) is 20.2. The number of rotatable bonds is 11. The molecule has 1 saturated carbocycles. The number of nitrogen functional groups attached to an aromatic ring is 1. The molecule has 0 radical (unpaired) electrons. The van der Waals surface area contributed by atoms with Gasteiger partial charge in [0, 0.05) is 12.0 Å². The largest absolute Gasteiger partial charge is 0.619 e. The molecule has 1 heterocycles. The molecule has 0 bridgehead atoms. The minimum atomic E-state index is -3.06. The molecule has 1 unspecified atom stereocenters. The van der Waals surface area contributed by atoms with Crippen LogP contribution in [0.25, 0.3) is 0 Å². The molecule has 1 atom stereocenters. The van der Waals surface area contributed by atoms with Gasteiger partial charge in [-0.2, -0.15) is 13.5 Å². The molecule has 12 heteroatoms. The highest BCUT2D eigenvalue weighted by Crippen LogP contribution is 2.38. The summed E-state index contributed by atoms with van der Waals surface area (Å²) in [7, 11) is 1.45. The SMILES string of the molecule is COc1ccc(C(=O)OC(Cc2c(Cl)c[n+]([O-])cc2Cl)c2ccc(OC(F)F)c(OCC3CC3)c2)cc1N. The molecule has 0 saturated heterocycles. The number of nitrogens with zero attached hydrogens (tertiary/aromatic N) is 1. The summed E-state index contributed by atoms with van der Waals surface area (Å²) in [6, 6.07) is 8.68. The van der Waals surface area contributed by atoms with E-state index in [1.165, 1.54) is 43.5 Å². The maximum absolute atomic E-state index is 13.1. The van der Waals surface area contributed by atoms with E-state index in [-0.39, 0.29) is 39.2 Å². The van der Waals surface area contributed by atoms with Crippen molar-refractivity contribution < 1.29 is 37.3 Å². The second kappa shape index (κ2) is 11.9. The lowest BCUT2D eigenvalue weighted by molar-refractivity contribution is -0.605. The summed E-state index contributed by atoms with van der Waals surface area (Å²) in [4.78, 5) is 13.1. The predicted octanol–water partition coefficient (Wildman–Crippen LogP) is 5.75. The number of carbonyl (C=O) groups is 1. The Labute approximate surface area is 227 Å². The van der Waals surface area contributed by atoms with Gasteiger partial charge in [-0.05, 0) is 54.7 Å². The molecule has 202 valence electrons. The van der Waals surface area contributed by atoms with Crippen LogP contribution in [0.3, 0.4) is 0 Å². The average Bonchev–Trinajstić information content (AvgIpc) is 3.69. The van der Waals surface area contributed by atoms with Gasteiger partial charge in [-0.3, -0.25) is 0 Å². The second-order valence-electron chi connectivity index (χ2n) is 8.69. The molecular formula is C26H24Cl2F2N2O6. The first-order chi connectivity index (χ1) is 18.1. The molecule has 8 nitrogen and oxygen atoms in total. The summed E-state index contributed by atoms with van der Waals surface area (Å²) in [6.45, 7) is -2.72. The third-order valence-electron chi connectivity index (χ3n) is 5.89. The van der Waals surface area contributed by atoms with Crippen LogP contribution >= 0.6 is 23.2 Å². The van der Waals surface area contributed by atoms with Gasteiger partial charge in [0.15, 0.2) is 23.9 Å². The van der Waals surface area contributed by atoms with Gasteiger partial charge < -0.3 is 29.9 Å². The maximum atomic E-state index is 13.1. The number of alkyl halides is 2. The standard InChI is InChI=1S/C26H24Cl2F2N2O6/c1-35-21-6-5-16(8-20(21)31)25(33)37-23(10-17-18(27)11-32(34)12-19(17)28)15-4-7-22(38-26(29)30)24(9-15)36-13-14-2-3-14/h4-9,11-12,14,23,26H,2-3,10,13,31H2,1H3. The molecule has 1 aliphatic rings. The Hall–Kier alpha value is -3.50. The van der Waals surface area contributed by atoms with E-state index in [0.29, 0.717) is 34.1 Å². The third-order valence-corrected chi connectivity index (χ3v) is 6.54. The van der Waals surface area contributed by atoms with Crippen molar-refractivity contribution in [3.63, 3.8) is 0 Å². The Bertz CT molecular complexity index is 1300. The van der Waals surface area contributed by atoms with Gasteiger partial charge in [-0.25, -0.2) is 4.79 Å². The zero-order chi connectivity index (χ0) is 27.4. The van der Waals surface area contributed by atoms with Crippen molar-refractivity contribution in [2.75, 3.05) is 19.5 Å². The fourth-order valence-electron chi connectivity index (χ4n) is 3.72. The third kappa shape index (κ3) is 6.87. The molecule has 1 aliphatic carbocycles. The van der Waals surface area contributed by atoms with Gasteiger partial charge in [0.1, 0.15) is 21.9 Å².